The molecule has 100 valence electrons. The van der Waals surface area contributed by atoms with Crippen molar-refractivity contribution in [1.29, 1.82) is 0 Å². The lowest BCUT2D eigenvalue weighted by Crippen LogP contribution is -2.32. The third-order valence-corrected chi connectivity index (χ3v) is 3.16. The molecule has 4 heteroatoms. The Morgan fingerprint density at radius 3 is 2.33 bits per heavy atom. The molecule has 0 heterocycles. The van der Waals surface area contributed by atoms with Crippen molar-refractivity contribution in [3.05, 3.63) is 35.4 Å². The van der Waals surface area contributed by atoms with Gasteiger partial charge in [-0.3, -0.25) is 4.79 Å². The highest BCUT2D eigenvalue weighted by Gasteiger charge is 2.17. The Hall–Kier alpha value is -1.45. The van der Waals surface area contributed by atoms with E-state index in [1.54, 1.807) is 6.92 Å². The number of hydrogen-bond donors (Lipinski definition) is 1. The average molecular weight is 255 g/mol. The summed E-state index contributed by atoms with van der Waals surface area (Å²) in [7, 11) is 0. The minimum atomic E-state index is -0.892. The van der Waals surface area contributed by atoms with Gasteiger partial charge in [0, 0.05) is 5.92 Å². The molecular formula is C14H19F2NO. The van der Waals surface area contributed by atoms with Gasteiger partial charge in [-0.25, -0.2) is 8.78 Å². The van der Waals surface area contributed by atoms with Gasteiger partial charge in [0.05, 0.1) is 6.04 Å². The smallest absolute Gasteiger partial charge is 0.223 e. The molecule has 1 aromatic rings. The van der Waals surface area contributed by atoms with Gasteiger partial charge in [0.15, 0.2) is 11.6 Å². The lowest BCUT2D eigenvalue weighted by atomic mass is 10.0. The molecule has 18 heavy (non-hydrogen) atoms. The van der Waals surface area contributed by atoms with Crippen molar-refractivity contribution in [1.82, 2.24) is 5.32 Å². The predicted molar refractivity (Wildman–Crippen MR) is 67.0 cm³/mol. The van der Waals surface area contributed by atoms with Crippen LogP contribution in [0.4, 0.5) is 8.78 Å². The zero-order chi connectivity index (χ0) is 13.7. The molecule has 1 atom stereocenters. The fourth-order valence-corrected chi connectivity index (χ4v) is 1.86. The highest BCUT2D eigenvalue weighted by Crippen LogP contribution is 2.17. The predicted octanol–water partition coefficient (Wildman–Crippen LogP) is 3.58. The molecule has 1 unspecified atom stereocenters. The van der Waals surface area contributed by atoms with Gasteiger partial charge in [0.1, 0.15) is 0 Å². The number of benzene rings is 1. The van der Waals surface area contributed by atoms with E-state index in [-0.39, 0.29) is 17.9 Å². The number of rotatable bonds is 5. The number of carbonyl (C=O) groups is 1. The van der Waals surface area contributed by atoms with Gasteiger partial charge >= 0.3 is 0 Å². The van der Waals surface area contributed by atoms with Gasteiger partial charge in [-0.15, -0.1) is 0 Å². The van der Waals surface area contributed by atoms with Crippen molar-refractivity contribution >= 4 is 5.91 Å². The molecule has 0 radical (unpaired) electrons. The van der Waals surface area contributed by atoms with Gasteiger partial charge in [-0.05, 0) is 37.5 Å². The van der Waals surface area contributed by atoms with Crippen molar-refractivity contribution < 1.29 is 13.6 Å². The zero-order valence-electron chi connectivity index (χ0n) is 11.0. The third-order valence-electron chi connectivity index (χ3n) is 3.16. The normalized spacial score (nSPS) is 12.6. The summed E-state index contributed by atoms with van der Waals surface area (Å²) in [6.07, 6.45) is 1.54. The number of hydrogen-bond acceptors (Lipinski definition) is 1. The molecule has 0 bridgehead atoms. The van der Waals surface area contributed by atoms with Crippen molar-refractivity contribution in [3.63, 3.8) is 0 Å². The molecule has 0 saturated heterocycles. The summed E-state index contributed by atoms with van der Waals surface area (Å²) in [4.78, 5) is 11.9. The van der Waals surface area contributed by atoms with Crippen molar-refractivity contribution in [2.45, 2.75) is 39.7 Å². The molecular weight excluding hydrogens is 236 g/mol. The van der Waals surface area contributed by atoms with Crippen LogP contribution in [0, 0.1) is 17.6 Å². The van der Waals surface area contributed by atoms with Crippen LogP contribution in [0.5, 0.6) is 0 Å². The van der Waals surface area contributed by atoms with Crippen LogP contribution >= 0.6 is 0 Å². The van der Waals surface area contributed by atoms with E-state index < -0.39 is 11.6 Å². The molecule has 0 saturated carbocycles. The Labute approximate surface area is 106 Å². The summed E-state index contributed by atoms with van der Waals surface area (Å²) < 4.78 is 25.9. The molecule has 1 aromatic carbocycles. The Morgan fingerprint density at radius 1 is 1.22 bits per heavy atom. The third kappa shape index (κ3) is 3.52. The first kappa shape index (κ1) is 14.6. The minimum absolute atomic E-state index is 0.0299. The van der Waals surface area contributed by atoms with E-state index in [4.69, 9.17) is 0 Å². The first-order chi connectivity index (χ1) is 8.49. The van der Waals surface area contributed by atoms with E-state index in [2.05, 4.69) is 5.32 Å². The van der Waals surface area contributed by atoms with Crippen LogP contribution in [-0.4, -0.2) is 5.91 Å². The standard InChI is InChI=1S/C14H19F2NO/c1-4-10(5-2)14(18)17-9(3)11-6-7-12(15)13(16)8-11/h6-10H,4-5H2,1-3H3,(H,17,18). The van der Waals surface area contributed by atoms with E-state index in [0.29, 0.717) is 5.56 Å². The molecule has 0 fully saturated rings. The molecule has 0 aromatic heterocycles. The fraction of sp³-hybridized carbons (Fsp3) is 0.500. The molecule has 1 N–H and O–H groups in total. The fourth-order valence-electron chi connectivity index (χ4n) is 1.86. The summed E-state index contributed by atoms with van der Waals surface area (Å²) in [5.74, 6) is -1.84. The maximum atomic E-state index is 13.1. The lowest BCUT2D eigenvalue weighted by Gasteiger charge is -2.18. The molecule has 0 spiro atoms. The van der Waals surface area contributed by atoms with Crippen LogP contribution in [0.15, 0.2) is 18.2 Å². The molecule has 0 aliphatic rings. The number of halogens is 2. The second-order valence-electron chi connectivity index (χ2n) is 4.42. The van der Waals surface area contributed by atoms with E-state index in [1.807, 2.05) is 13.8 Å². The summed E-state index contributed by atoms with van der Waals surface area (Å²) in [6, 6.07) is 3.35. The van der Waals surface area contributed by atoms with Crippen LogP contribution in [0.3, 0.4) is 0 Å². The highest BCUT2D eigenvalue weighted by atomic mass is 19.2. The van der Waals surface area contributed by atoms with Gasteiger partial charge in [0.2, 0.25) is 5.91 Å². The lowest BCUT2D eigenvalue weighted by molar-refractivity contribution is -0.125. The Bertz CT molecular complexity index is 416. The maximum Gasteiger partial charge on any atom is 0.223 e. The monoisotopic (exact) mass is 255 g/mol. The van der Waals surface area contributed by atoms with Gasteiger partial charge in [0.25, 0.3) is 0 Å². The quantitative estimate of drug-likeness (QED) is 0.856. The van der Waals surface area contributed by atoms with Crippen molar-refractivity contribution in [3.8, 4) is 0 Å². The summed E-state index contributed by atoms with van der Waals surface area (Å²) >= 11 is 0. The molecule has 2 nitrogen and oxygen atoms in total. The highest BCUT2D eigenvalue weighted by molar-refractivity contribution is 5.78. The number of carbonyl (C=O) groups excluding carboxylic acids is 1. The molecule has 0 aliphatic carbocycles. The van der Waals surface area contributed by atoms with Gasteiger partial charge in [-0.1, -0.05) is 19.9 Å². The number of nitrogens with one attached hydrogen (secondary N) is 1. The van der Waals surface area contributed by atoms with Crippen LogP contribution in [0.25, 0.3) is 0 Å². The van der Waals surface area contributed by atoms with Gasteiger partial charge < -0.3 is 5.32 Å². The van der Waals surface area contributed by atoms with E-state index in [0.717, 1.165) is 25.0 Å². The molecule has 1 rings (SSSR count). The van der Waals surface area contributed by atoms with Crippen molar-refractivity contribution in [2.24, 2.45) is 5.92 Å². The average Bonchev–Trinajstić information content (AvgIpc) is 2.34. The summed E-state index contributed by atoms with van der Waals surface area (Å²) in [5, 5.41) is 2.82. The SMILES string of the molecule is CCC(CC)C(=O)NC(C)c1ccc(F)c(F)c1. The van der Waals surface area contributed by atoms with Gasteiger partial charge in [-0.2, -0.15) is 0 Å². The molecule has 0 aliphatic heterocycles. The largest absolute Gasteiger partial charge is 0.349 e. The first-order valence-corrected chi connectivity index (χ1v) is 6.24. The maximum absolute atomic E-state index is 13.1. The Balaban J connectivity index is 2.73. The second-order valence-corrected chi connectivity index (χ2v) is 4.42. The number of amides is 1. The summed E-state index contributed by atoms with van der Waals surface area (Å²) in [6.45, 7) is 5.67. The Morgan fingerprint density at radius 2 is 1.83 bits per heavy atom. The van der Waals surface area contributed by atoms with E-state index >= 15 is 0 Å². The molecule has 1 amide bonds. The second kappa shape index (κ2) is 6.47. The first-order valence-electron chi connectivity index (χ1n) is 6.24. The van der Waals surface area contributed by atoms with Crippen LogP contribution in [-0.2, 0) is 4.79 Å². The van der Waals surface area contributed by atoms with Crippen molar-refractivity contribution in [2.75, 3.05) is 0 Å². The summed E-state index contributed by atoms with van der Waals surface area (Å²) in [5.41, 5.74) is 0.563. The topological polar surface area (TPSA) is 29.1 Å². The van der Waals surface area contributed by atoms with Crippen LogP contribution in [0.2, 0.25) is 0 Å². The Kier molecular flexibility index (Phi) is 5.25. The van der Waals surface area contributed by atoms with E-state index in [1.165, 1.54) is 6.07 Å². The van der Waals surface area contributed by atoms with E-state index in [9.17, 15) is 13.6 Å². The minimum Gasteiger partial charge on any atom is -0.349 e. The van der Waals surface area contributed by atoms with Crippen LogP contribution < -0.4 is 5.32 Å². The zero-order valence-corrected chi connectivity index (χ0v) is 11.0. The van der Waals surface area contributed by atoms with Crippen LogP contribution in [0.1, 0.15) is 45.2 Å².